The predicted octanol–water partition coefficient (Wildman–Crippen LogP) is 1.79. The largest absolute Gasteiger partial charge is 0.364 e. The molecule has 0 saturated carbocycles. The van der Waals surface area contributed by atoms with Gasteiger partial charge in [-0.2, -0.15) is 0 Å². The summed E-state index contributed by atoms with van der Waals surface area (Å²) < 4.78 is 0.802. The molecule has 0 saturated heterocycles. The maximum Gasteiger partial charge on any atom is 0.241 e. The van der Waals surface area contributed by atoms with Crippen LogP contribution in [0.1, 0.15) is 10.4 Å². The first-order valence-electron chi connectivity index (χ1n) is 5.11. The Balaban J connectivity index is 2.85. The minimum absolute atomic E-state index is 0.0267. The van der Waals surface area contributed by atoms with E-state index in [1.165, 1.54) is 0 Å². The summed E-state index contributed by atoms with van der Waals surface area (Å²) in [5.41, 5.74) is 1.48. The molecule has 0 aliphatic carbocycles. The zero-order chi connectivity index (χ0) is 13.0. The summed E-state index contributed by atoms with van der Waals surface area (Å²) in [7, 11) is 5.28. The number of aldehydes is 1. The highest BCUT2D eigenvalue weighted by Crippen LogP contribution is 2.26. The zero-order valence-electron chi connectivity index (χ0n) is 10.1. The molecule has 1 aromatic carbocycles. The van der Waals surface area contributed by atoms with Crippen molar-refractivity contribution in [1.82, 2.24) is 4.90 Å². The third-order valence-electron chi connectivity index (χ3n) is 2.39. The monoisotopic (exact) mass is 298 g/mol. The normalized spacial score (nSPS) is 9.88. The topological polar surface area (TPSA) is 40.6 Å². The van der Waals surface area contributed by atoms with Crippen molar-refractivity contribution in [2.24, 2.45) is 0 Å². The molecule has 1 aromatic rings. The molecule has 0 spiro atoms. The smallest absolute Gasteiger partial charge is 0.241 e. The highest BCUT2D eigenvalue weighted by molar-refractivity contribution is 9.10. The maximum absolute atomic E-state index is 11.6. The van der Waals surface area contributed by atoms with Gasteiger partial charge in [-0.05, 0) is 34.1 Å². The highest BCUT2D eigenvalue weighted by atomic mass is 79.9. The Morgan fingerprint density at radius 1 is 1.35 bits per heavy atom. The van der Waals surface area contributed by atoms with Gasteiger partial charge in [0.1, 0.15) is 6.29 Å². The van der Waals surface area contributed by atoms with E-state index in [1.807, 2.05) is 18.0 Å². The number of anilines is 1. The summed E-state index contributed by atoms with van der Waals surface area (Å²) >= 11 is 3.39. The van der Waals surface area contributed by atoms with Gasteiger partial charge in [0.2, 0.25) is 5.91 Å². The number of carbonyl (C=O) groups is 2. The summed E-state index contributed by atoms with van der Waals surface area (Å²) in [5, 5.41) is 0. The van der Waals surface area contributed by atoms with Crippen molar-refractivity contribution >= 4 is 33.8 Å². The molecule has 0 N–H and O–H groups in total. The van der Waals surface area contributed by atoms with Gasteiger partial charge in [-0.1, -0.05) is 0 Å². The molecule has 0 aliphatic heterocycles. The van der Waals surface area contributed by atoms with Gasteiger partial charge in [0.15, 0.2) is 0 Å². The molecule has 4 nitrogen and oxygen atoms in total. The van der Waals surface area contributed by atoms with Gasteiger partial charge in [0.25, 0.3) is 0 Å². The van der Waals surface area contributed by atoms with Gasteiger partial charge in [0.05, 0.1) is 12.2 Å². The molecule has 0 aliphatic rings. The summed E-state index contributed by atoms with van der Waals surface area (Å²) in [6, 6.07) is 5.28. The van der Waals surface area contributed by atoms with Crippen LogP contribution in [-0.2, 0) is 4.79 Å². The van der Waals surface area contributed by atoms with Crippen molar-refractivity contribution in [3.63, 3.8) is 0 Å². The second-order valence-electron chi connectivity index (χ2n) is 3.97. The quantitative estimate of drug-likeness (QED) is 0.796. The second-order valence-corrected chi connectivity index (χ2v) is 4.83. The van der Waals surface area contributed by atoms with Crippen LogP contribution in [0.4, 0.5) is 5.69 Å². The molecule has 92 valence electrons. The number of amides is 1. The van der Waals surface area contributed by atoms with Crippen molar-refractivity contribution in [3.05, 3.63) is 28.2 Å². The number of likely N-dealkylation sites (N-methyl/N-ethyl adjacent to an activating group) is 2. The molecule has 5 heteroatoms. The number of benzene rings is 1. The second kappa shape index (κ2) is 5.82. The van der Waals surface area contributed by atoms with Crippen LogP contribution in [0.25, 0.3) is 0 Å². The summed E-state index contributed by atoms with van der Waals surface area (Å²) in [5.74, 6) is 0.0267. The third-order valence-corrected chi connectivity index (χ3v) is 3.03. The van der Waals surface area contributed by atoms with Gasteiger partial charge >= 0.3 is 0 Å². The van der Waals surface area contributed by atoms with Gasteiger partial charge < -0.3 is 9.80 Å². The molecule has 0 heterocycles. The first-order chi connectivity index (χ1) is 7.95. The molecular formula is C12H15BrN2O2. The summed E-state index contributed by atoms with van der Waals surface area (Å²) in [6.07, 6.45) is 0.791. The average molecular weight is 299 g/mol. The van der Waals surface area contributed by atoms with E-state index in [2.05, 4.69) is 15.9 Å². The van der Waals surface area contributed by atoms with Crippen LogP contribution in [0.5, 0.6) is 0 Å². The average Bonchev–Trinajstić information content (AvgIpc) is 2.28. The Morgan fingerprint density at radius 2 is 2.00 bits per heavy atom. The van der Waals surface area contributed by atoms with E-state index in [4.69, 9.17) is 0 Å². The summed E-state index contributed by atoms with van der Waals surface area (Å²) in [6.45, 7) is 0.298. The first-order valence-corrected chi connectivity index (χ1v) is 5.91. The molecule has 1 amide bonds. The van der Waals surface area contributed by atoms with Crippen LogP contribution in [0.15, 0.2) is 22.7 Å². The summed E-state index contributed by atoms with van der Waals surface area (Å²) in [4.78, 5) is 25.6. The molecule has 0 atom stereocenters. The van der Waals surface area contributed by atoms with Crippen molar-refractivity contribution in [2.75, 3.05) is 32.6 Å². The molecule has 0 fully saturated rings. The number of hydrogen-bond donors (Lipinski definition) is 0. The molecule has 17 heavy (non-hydrogen) atoms. The lowest BCUT2D eigenvalue weighted by atomic mass is 10.2. The number of halogens is 1. The van der Waals surface area contributed by atoms with Crippen molar-refractivity contribution in [2.45, 2.75) is 0 Å². The molecule has 1 rings (SSSR count). The lowest BCUT2D eigenvalue weighted by molar-refractivity contribution is -0.127. The van der Waals surface area contributed by atoms with Gasteiger partial charge in [0, 0.05) is 31.2 Å². The van der Waals surface area contributed by atoms with Gasteiger partial charge in [-0.15, -0.1) is 0 Å². The van der Waals surface area contributed by atoms with Crippen LogP contribution in [-0.4, -0.2) is 44.8 Å². The van der Waals surface area contributed by atoms with Crippen LogP contribution >= 0.6 is 15.9 Å². The van der Waals surface area contributed by atoms with Crippen molar-refractivity contribution in [1.29, 1.82) is 0 Å². The number of rotatable bonds is 4. The van der Waals surface area contributed by atoms with E-state index in [1.54, 1.807) is 31.1 Å². The molecular weight excluding hydrogens is 284 g/mol. The Kier molecular flexibility index (Phi) is 4.69. The SMILES string of the molecule is CN(C)C(=O)CN(C)c1ccc(C=O)cc1Br. The molecule has 0 radical (unpaired) electrons. The number of nitrogens with zero attached hydrogens (tertiary/aromatic N) is 2. The van der Waals surface area contributed by atoms with Gasteiger partial charge in [-0.25, -0.2) is 0 Å². The van der Waals surface area contributed by atoms with Crippen LogP contribution in [0, 0.1) is 0 Å². The fourth-order valence-corrected chi connectivity index (χ4v) is 2.03. The number of carbonyl (C=O) groups excluding carboxylic acids is 2. The molecule has 0 unspecified atom stereocenters. The van der Waals surface area contributed by atoms with Gasteiger partial charge in [-0.3, -0.25) is 9.59 Å². The molecule has 0 bridgehead atoms. The van der Waals surface area contributed by atoms with Crippen molar-refractivity contribution < 1.29 is 9.59 Å². The Morgan fingerprint density at radius 3 is 2.47 bits per heavy atom. The standard InChI is InChI=1S/C12H15BrN2O2/c1-14(2)12(17)7-15(3)11-5-4-9(8-16)6-10(11)13/h4-6,8H,7H2,1-3H3. The van der Waals surface area contributed by atoms with Crippen LogP contribution in [0.2, 0.25) is 0 Å². The van der Waals surface area contributed by atoms with Crippen LogP contribution in [0.3, 0.4) is 0 Å². The predicted molar refractivity (Wildman–Crippen MR) is 71.5 cm³/mol. The highest BCUT2D eigenvalue weighted by Gasteiger charge is 2.11. The zero-order valence-corrected chi connectivity index (χ0v) is 11.7. The van der Waals surface area contributed by atoms with E-state index < -0.39 is 0 Å². The minimum Gasteiger partial charge on any atom is -0.364 e. The fraction of sp³-hybridized carbons (Fsp3) is 0.333. The van der Waals surface area contributed by atoms with Crippen molar-refractivity contribution in [3.8, 4) is 0 Å². The maximum atomic E-state index is 11.6. The van der Waals surface area contributed by atoms with E-state index >= 15 is 0 Å². The van der Waals surface area contributed by atoms with E-state index in [0.29, 0.717) is 12.1 Å². The van der Waals surface area contributed by atoms with Crippen LogP contribution < -0.4 is 4.90 Å². The lowest BCUT2D eigenvalue weighted by Gasteiger charge is -2.22. The Bertz CT molecular complexity index is 433. The van der Waals surface area contributed by atoms with E-state index in [9.17, 15) is 9.59 Å². The Labute approximate surface area is 109 Å². The lowest BCUT2D eigenvalue weighted by Crippen LogP contribution is -2.34. The van der Waals surface area contributed by atoms with E-state index in [-0.39, 0.29) is 5.91 Å². The Hall–Kier alpha value is -1.36. The fourth-order valence-electron chi connectivity index (χ4n) is 1.34. The first kappa shape index (κ1) is 13.7. The van der Waals surface area contributed by atoms with E-state index in [0.717, 1.165) is 16.4 Å². The minimum atomic E-state index is 0.0267. The molecule has 0 aromatic heterocycles. The number of hydrogen-bond acceptors (Lipinski definition) is 3. The third kappa shape index (κ3) is 3.56.